The molecule has 1 aromatic rings. The molecule has 17 heavy (non-hydrogen) atoms. The molecule has 0 radical (unpaired) electrons. The van der Waals surface area contributed by atoms with Crippen LogP contribution in [0.15, 0.2) is 10.6 Å². The van der Waals surface area contributed by atoms with Crippen molar-refractivity contribution in [2.75, 3.05) is 13.7 Å². The van der Waals surface area contributed by atoms with E-state index in [4.69, 9.17) is 19.7 Å². The van der Waals surface area contributed by atoms with Gasteiger partial charge < -0.3 is 19.7 Å². The topological polar surface area (TPSA) is 70.5 Å². The van der Waals surface area contributed by atoms with Crippen LogP contribution >= 0.6 is 0 Å². The summed E-state index contributed by atoms with van der Waals surface area (Å²) in [5.74, 6) is 1.23. The van der Waals surface area contributed by atoms with Crippen molar-refractivity contribution in [3.63, 3.8) is 0 Å². The Bertz CT molecular complexity index is 340. The van der Waals surface area contributed by atoms with Gasteiger partial charge in [0.15, 0.2) is 5.76 Å². The fourth-order valence-electron chi connectivity index (χ4n) is 2.32. The molecular weight excluding hydrogens is 220 g/mol. The standard InChI is InChI=1S/C12H20N2O3/c1-15-8-11-5-10(14-17-11)7-16-12-4-2-3-9(12)6-13/h5,9,12H,2-4,6-8,13H2,1H3. The molecule has 0 aliphatic heterocycles. The van der Waals surface area contributed by atoms with Gasteiger partial charge in [0.25, 0.3) is 0 Å². The van der Waals surface area contributed by atoms with Crippen LogP contribution in [0.3, 0.4) is 0 Å². The highest BCUT2D eigenvalue weighted by molar-refractivity contribution is 5.03. The molecule has 0 spiro atoms. The van der Waals surface area contributed by atoms with E-state index in [1.807, 2.05) is 6.07 Å². The quantitative estimate of drug-likeness (QED) is 0.815. The lowest BCUT2D eigenvalue weighted by atomic mass is 10.1. The third-order valence-electron chi connectivity index (χ3n) is 3.23. The van der Waals surface area contributed by atoms with Crippen molar-refractivity contribution in [2.45, 2.75) is 38.6 Å². The summed E-state index contributed by atoms with van der Waals surface area (Å²) < 4.78 is 15.9. The zero-order valence-corrected chi connectivity index (χ0v) is 10.2. The molecule has 1 aromatic heterocycles. The molecule has 0 bridgehead atoms. The fourth-order valence-corrected chi connectivity index (χ4v) is 2.32. The molecule has 96 valence electrons. The molecule has 2 N–H and O–H groups in total. The molecule has 5 nitrogen and oxygen atoms in total. The molecular formula is C12H20N2O3. The summed E-state index contributed by atoms with van der Waals surface area (Å²) in [5.41, 5.74) is 6.53. The van der Waals surface area contributed by atoms with Gasteiger partial charge in [-0.2, -0.15) is 0 Å². The van der Waals surface area contributed by atoms with Gasteiger partial charge in [-0.15, -0.1) is 0 Å². The van der Waals surface area contributed by atoms with Crippen LogP contribution in [0.2, 0.25) is 0 Å². The number of rotatable bonds is 6. The molecule has 1 aliphatic carbocycles. The minimum absolute atomic E-state index is 0.280. The van der Waals surface area contributed by atoms with Crippen molar-refractivity contribution in [2.24, 2.45) is 11.7 Å². The highest BCUT2D eigenvalue weighted by Gasteiger charge is 2.26. The molecule has 1 fully saturated rings. The van der Waals surface area contributed by atoms with Gasteiger partial charge in [-0.05, 0) is 25.3 Å². The number of aromatic nitrogens is 1. The third-order valence-corrected chi connectivity index (χ3v) is 3.23. The summed E-state index contributed by atoms with van der Waals surface area (Å²) in [5, 5.41) is 3.94. The largest absolute Gasteiger partial charge is 0.377 e. The minimum atomic E-state index is 0.280. The van der Waals surface area contributed by atoms with Gasteiger partial charge in [-0.25, -0.2) is 0 Å². The Morgan fingerprint density at radius 3 is 3.12 bits per heavy atom. The van der Waals surface area contributed by atoms with E-state index in [2.05, 4.69) is 5.16 Å². The number of nitrogens with zero attached hydrogens (tertiary/aromatic N) is 1. The number of methoxy groups -OCH3 is 1. The Morgan fingerprint density at radius 2 is 2.35 bits per heavy atom. The van der Waals surface area contributed by atoms with Crippen molar-refractivity contribution < 1.29 is 14.0 Å². The monoisotopic (exact) mass is 240 g/mol. The Labute approximate surface area is 101 Å². The molecule has 1 aliphatic rings. The summed E-state index contributed by atoms with van der Waals surface area (Å²) in [6.07, 6.45) is 3.77. The smallest absolute Gasteiger partial charge is 0.162 e. The van der Waals surface area contributed by atoms with E-state index in [9.17, 15) is 0 Å². The molecule has 5 heteroatoms. The fraction of sp³-hybridized carbons (Fsp3) is 0.750. The molecule has 0 aromatic carbocycles. The highest BCUT2D eigenvalue weighted by Crippen LogP contribution is 2.28. The predicted molar refractivity (Wildman–Crippen MR) is 62.2 cm³/mol. The van der Waals surface area contributed by atoms with Crippen molar-refractivity contribution in [1.82, 2.24) is 5.16 Å². The molecule has 1 heterocycles. The number of nitrogens with two attached hydrogens (primary N) is 1. The second kappa shape index (κ2) is 6.14. The van der Waals surface area contributed by atoms with Crippen LogP contribution in [-0.2, 0) is 22.7 Å². The van der Waals surface area contributed by atoms with Gasteiger partial charge in [-0.3, -0.25) is 0 Å². The van der Waals surface area contributed by atoms with E-state index in [0.29, 0.717) is 25.7 Å². The van der Waals surface area contributed by atoms with Crippen LogP contribution in [0.4, 0.5) is 0 Å². The summed E-state index contributed by atoms with van der Waals surface area (Å²) in [7, 11) is 1.63. The van der Waals surface area contributed by atoms with Crippen molar-refractivity contribution >= 4 is 0 Å². The summed E-state index contributed by atoms with van der Waals surface area (Å²) in [6.45, 7) is 1.65. The van der Waals surface area contributed by atoms with Crippen LogP contribution in [0.5, 0.6) is 0 Å². The lowest BCUT2D eigenvalue weighted by molar-refractivity contribution is 0.0154. The maximum absolute atomic E-state index is 5.84. The summed E-state index contributed by atoms with van der Waals surface area (Å²) >= 11 is 0. The van der Waals surface area contributed by atoms with E-state index in [1.54, 1.807) is 7.11 Å². The van der Waals surface area contributed by atoms with Crippen molar-refractivity contribution in [3.05, 3.63) is 17.5 Å². The van der Waals surface area contributed by atoms with Crippen molar-refractivity contribution in [3.8, 4) is 0 Å². The summed E-state index contributed by atoms with van der Waals surface area (Å²) in [4.78, 5) is 0. The average Bonchev–Trinajstić information content (AvgIpc) is 2.95. The van der Waals surface area contributed by atoms with Gasteiger partial charge in [0.1, 0.15) is 12.3 Å². The molecule has 2 rings (SSSR count). The van der Waals surface area contributed by atoms with E-state index in [1.165, 1.54) is 12.8 Å². The molecule has 0 saturated heterocycles. The minimum Gasteiger partial charge on any atom is -0.377 e. The molecule has 2 unspecified atom stereocenters. The number of hydrogen-bond acceptors (Lipinski definition) is 5. The van der Waals surface area contributed by atoms with Crippen molar-refractivity contribution in [1.29, 1.82) is 0 Å². The Hall–Kier alpha value is -0.910. The molecule has 1 saturated carbocycles. The second-order valence-electron chi connectivity index (χ2n) is 4.49. The van der Waals surface area contributed by atoms with Gasteiger partial charge >= 0.3 is 0 Å². The van der Waals surface area contributed by atoms with Crippen LogP contribution in [0.25, 0.3) is 0 Å². The Balaban J connectivity index is 1.80. The first-order valence-corrected chi connectivity index (χ1v) is 6.08. The van der Waals surface area contributed by atoms with E-state index in [-0.39, 0.29) is 6.10 Å². The normalized spacial score (nSPS) is 24.4. The maximum Gasteiger partial charge on any atom is 0.162 e. The third kappa shape index (κ3) is 3.28. The summed E-state index contributed by atoms with van der Waals surface area (Å²) in [6, 6.07) is 1.87. The lowest BCUT2D eigenvalue weighted by Crippen LogP contribution is -2.25. The van der Waals surface area contributed by atoms with Gasteiger partial charge in [0, 0.05) is 13.2 Å². The van der Waals surface area contributed by atoms with E-state index in [0.717, 1.165) is 17.9 Å². The first kappa shape index (κ1) is 12.5. The number of hydrogen-bond donors (Lipinski definition) is 1. The second-order valence-corrected chi connectivity index (χ2v) is 4.49. The molecule has 0 amide bonds. The van der Waals surface area contributed by atoms with Crippen LogP contribution in [0, 0.1) is 5.92 Å². The molecule has 2 atom stereocenters. The SMILES string of the molecule is COCc1cc(COC2CCCC2CN)no1. The number of ether oxygens (including phenoxy) is 2. The Morgan fingerprint density at radius 1 is 1.47 bits per heavy atom. The lowest BCUT2D eigenvalue weighted by Gasteiger charge is -2.17. The Kier molecular flexibility index (Phi) is 4.53. The van der Waals surface area contributed by atoms with Gasteiger partial charge in [0.2, 0.25) is 0 Å². The zero-order chi connectivity index (χ0) is 12.1. The zero-order valence-electron chi connectivity index (χ0n) is 10.2. The highest BCUT2D eigenvalue weighted by atomic mass is 16.5. The van der Waals surface area contributed by atoms with Crippen LogP contribution < -0.4 is 5.73 Å². The van der Waals surface area contributed by atoms with E-state index < -0.39 is 0 Å². The van der Waals surface area contributed by atoms with Crippen LogP contribution in [0.1, 0.15) is 30.7 Å². The maximum atomic E-state index is 5.84. The van der Waals surface area contributed by atoms with Gasteiger partial charge in [0.05, 0.1) is 12.7 Å². The first-order valence-electron chi connectivity index (χ1n) is 6.08. The van der Waals surface area contributed by atoms with Gasteiger partial charge in [-0.1, -0.05) is 11.6 Å². The van der Waals surface area contributed by atoms with E-state index >= 15 is 0 Å². The average molecular weight is 240 g/mol. The van der Waals surface area contributed by atoms with Crippen LogP contribution in [-0.4, -0.2) is 24.9 Å². The predicted octanol–water partition coefficient (Wildman–Crippen LogP) is 1.47. The first-order chi connectivity index (χ1) is 8.33.